The van der Waals surface area contributed by atoms with E-state index in [1.165, 1.54) is 0 Å². The third-order valence-electron chi connectivity index (χ3n) is 4.54. The quantitative estimate of drug-likeness (QED) is 0.717. The van der Waals surface area contributed by atoms with Gasteiger partial charge in [0.2, 0.25) is 0 Å². The van der Waals surface area contributed by atoms with Gasteiger partial charge in [-0.3, -0.25) is 9.69 Å². The first-order valence-electron chi connectivity index (χ1n) is 9.01. The number of carbonyl (C=O) groups is 2. The first-order chi connectivity index (χ1) is 13.7. The number of hydrogen-bond donors (Lipinski definition) is 1. The highest BCUT2D eigenvalue weighted by Gasteiger charge is 2.23. The number of carbonyl (C=O) groups excluding carboxylic acids is 2. The zero-order valence-corrected chi connectivity index (χ0v) is 15.1. The monoisotopic (exact) mass is 370 g/mol. The van der Waals surface area contributed by atoms with Crippen LogP contribution < -0.4 is 10.2 Å². The normalized spacial score (nSPS) is 13.0. The summed E-state index contributed by atoms with van der Waals surface area (Å²) in [6.07, 6.45) is -0.324. The van der Waals surface area contributed by atoms with Crippen LogP contribution in [0.5, 0.6) is 0 Å². The van der Waals surface area contributed by atoms with Crippen molar-refractivity contribution in [1.82, 2.24) is 5.32 Å². The maximum atomic E-state index is 12.5. The van der Waals surface area contributed by atoms with Crippen LogP contribution in [-0.2, 0) is 4.74 Å². The first-order valence-corrected chi connectivity index (χ1v) is 9.01. The summed E-state index contributed by atoms with van der Waals surface area (Å²) in [7, 11) is 0. The molecule has 0 saturated carbocycles. The van der Waals surface area contributed by atoms with Crippen molar-refractivity contribution >= 4 is 28.5 Å². The van der Waals surface area contributed by atoms with E-state index in [4.69, 9.17) is 4.74 Å². The van der Waals surface area contributed by atoms with Crippen LogP contribution >= 0.6 is 0 Å². The molecule has 1 aliphatic heterocycles. The van der Waals surface area contributed by atoms with Gasteiger partial charge >= 0.3 is 6.09 Å². The van der Waals surface area contributed by atoms with Gasteiger partial charge in [0.25, 0.3) is 5.91 Å². The maximum absolute atomic E-state index is 12.5. The van der Waals surface area contributed by atoms with Gasteiger partial charge in [-0.05, 0) is 41.1 Å². The molecule has 0 bridgehead atoms. The Hall–Kier alpha value is -3.78. The molecule has 0 aromatic heterocycles. The highest BCUT2D eigenvalue weighted by molar-refractivity contribution is 6.07. The number of anilines is 1. The van der Waals surface area contributed by atoms with Gasteiger partial charge in [0.1, 0.15) is 6.61 Å². The average Bonchev–Trinajstić information content (AvgIpc) is 3.17. The van der Waals surface area contributed by atoms with E-state index in [1.54, 1.807) is 4.90 Å². The second kappa shape index (κ2) is 7.85. The van der Waals surface area contributed by atoms with E-state index in [1.807, 2.05) is 66.7 Å². The van der Waals surface area contributed by atoms with Gasteiger partial charge in [-0.25, -0.2) is 4.79 Å². The summed E-state index contributed by atoms with van der Waals surface area (Å²) < 4.78 is 4.93. The number of nitrogens with zero attached hydrogens (tertiary/aromatic N) is 1. The van der Waals surface area contributed by atoms with Crippen LogP contribution in [0.3, 0.4) is 0 Å². The van der Waals surface area contributed by atoms with Gasteiger partial charge in [0, 0.05) is 16.8 Å². The van der Waals surface area contributed by atoms with E-state index in [0.29, 0.717) is 18.7 Å². The van der Waals surface area contributed by atoms with Crippen LogP contribution in [0, 0.1) is 11.8 Å². The van der Waals surface area contributed by atoms with Crippen molar-refractivity contribution in [2.45, 2.75) is 0 Å². The lowest BCUT2D eigenvalue weighted by atomic mass is 10.0. The molecule has 0 unspecified atom stereocenters. The molecule has 5 nitrogen and oxygen atoms in total. The van der Waals surface area contributed by atoms with Crippen LogP contribution in [0.25, 0.3) is 10.8 Å². The lowest BCUT2D eigenvalue weighted by molar-refractivity contribution is 0.0960. The van der Waals surface area contributed by atoms with Gasteiger partial charge in [0.05, 0.1) is 13.1 Å². The molecule has 0 aliphatic carbocycles. The molecule has 0 radical (unpaired) electrons. The number of amides is 2. The second-order valence-corrected chi connectivity index (χ2v) is 6.32. The smallest absolute Gasteiger partial charge is 0.414 e. The second-order valence-electron chi connectivity index (χ2n) is 6.32. The maximum Gasteiger partial charge on any atom is 0.414 e. The Morgan fingerprint density at radius 1 is 1.04 bits per heavy atom. The van der Waals surface area contributed by atoms with Crippen LogP contribution in [-0.4, -0.2) is 31.7 Å². The highest BCUT2D eigenvalue weighted by atomic mass is 16.6. The Labute approximate surface area is 162 Å². The Bertz CT molecular complexity index is 1090. The number of rotatable bonds is 3. The summed E-state index contributed by atoms with van der Waals surface area (Å²) in [4.78, 5) is 25.6. The fourth-order valence-electron chi connectivity index (χ4n) is 3.14. The largest absolute Gasteiger partial charge is 0.447 e. The number of cyclic esters (lactones) is 1. The minimum Gasteiger partial charge on any atom is -0.447 e. The molecule has 0 spiro atoms. The van der Waals surface area contributed by atoms with Crippen molar-refractivity contribution in [3.05, 3.63) is 77.9 Å². The summed E-state index contributed by atoms with van der Waals surface area (Å²) in [5.74, 6) is 5.83. The first kappa shape index (κ1) is 17.6. The molecular formula is C23H18N2O3. The molecule has 2 amide bonds. The number of nitrogens with one attached hydrogen (secondary N) is 1. The molecule has 1 N–H and O–H groups in total. The van der Waals surface area contributed by atoms with Crippen molar-refractivity contribution < 1.29 is 14.3 Å². The van der Waals surface area contributed by atoms with E-state index in [9.17, 15) is 9.59 Å². The lowest BCUT2D eigenvalue weighted by Crippen LogP contribution is -2.23. The summed E-state index contributed by atoms with van der Waals surface area (Å²) in [5.41, 5.74) is 2.25. The lowest BCUT2D eigenvalue weighted by Gasteiger charge is -2.11. The molecule has 4 rings (SSSR count). The Morgan fingerprint density at radius 2 is 1.82 bits per heavy atom. The van der Waals surface area contributed by atoms with Gasteiger partial charge in [-0.2, -0.15) is 0 Å². The zero-order chi connectivity index (χ0) is 19.3. The van der Waals surface area contributed by atoms with Crippen LogP contribution in [0.1, 0.15) is 15.9 Å². The van der Waals surface area contributed by atoms with E-state index in [2.05, 4.69) is 17.2 Å². The van der Waals surface area contributed by atoms with Crippen molar-refractivity contribution in [3.63, 3.8) is 0 Å². The van der Waals surface area contributed by atoms with Gasteiger partial charge in [-0.15, -0.1) is 0 Å². The molecule has 138 valence electrons. The van der Waals surface area contributed by atoms with Gasteiger partial charge in [-0.1, -0.05) is 48.2 Å². The van der Waals surface area contributed by atoms with Crippen molar-refractivity contribution in [3.8, 4) is 11.8 Å². The number of fused-ring (bicyclic) bond motifs is 1. The Kier molecular flexibility index (Phi) is 4.94. The predicted molar refractivity (Wildman–Crippen MR) is 108 cm³/mol. The molecule has 3 aromatic rings. The molecule has 1 heterocycles. The van der Waals surface area contributed by atoms with E-state index in [-0.39, 0.29) is 18.5 Å². The van der Waals surface area contributed by atoms with Gasteiger partial charge in [0.15, 0.2) is 0 Å². The molecule has 28 heavy (non-hydrogen) atoms. The Balaban J connectivity index is 1.38. The Morgan fingerprint density at radius 3 is 2.61 bits per heavy atom. The summed E-state index contributed by atoms with van der Waals surface area (Å²) in [6, 6.07) is 20.8. The molecule has 1 aliphatic rings. The summed E-state index contributed by atoms with van der Waals surface area (Å²) >= 11 is 0. The predicted octanol–water partition coefficient (Wildman–Crippen LogP) is 3.58. The van der Waals surface area contributed by atoms with Crippen LogP contribution in [0.2, 0.25) is 0 Å². The van der Waals surface area contributed by atoms with E-state index < -0.39 is 0 Å². The minimum absolute atomic E-state index is 0.144. The summed E-state index contributed by atoms with van der Waals surface area (Å²) in [6.45, 7) is 1.23. The molecule has 1 fully saturated rings. The average molecular weight is 370 g/mol. The molecular weight excluding hydrogens is 352 g/mol. The van der Waals surface area contributed by atoms with Gasteiger partial charge < -0.3 is 10.1 Å². The summed E-state index contributed by atoms with van der Waals surface area (Å²) in [5, 5.41) is 4.79. The van der Waals surface area contributed by atoms with Crippen molar-refractivity contribution in [1.29, 1.82) is 0 Å². The molecule has 0 atom stereocenters. The van der Waals surface area contributed by atoms with E-state index in [0.717, 1.165) is 22.0 Å². The highest BCUT2D eigenvalue weighted by Crippen LogP contribution is 2.19. The van der Waals surface area contributed by atoms with Crippen LogP contribution in [0.15, 0.2) is 66.7 Å². The topological polar surface area (TPSA) is 58.6 Å². The van der Waals surface area contributed by atoms with Crippen LogP contribution in [0.4, 0.5) is 10.5 Å². The fraction of sp³-hybridized carbons (Fsp3) is 0.130. The van der Waals surface area contributed by atoms with Crippen molar-refractivity contribution in [2.75, 3.05) is 24.6 Å². The zero-order valence-electron chi connectivity index (χ0n) is 15.1. The number of hydrogen-bond acceptors (Lipinski definition) is 3. The fourth-order valence-corrected chi connectivity index (χ4v) is 3.14. The SMILES string of the molecule is O=C(NCC#Cc1ccc(N2CCOC2=O)cc1)c1cccc2ccccc12. The molecule has 1 saturated heterocycles. The van der Waals surface area contributed by atoms with Crippen molar-refractivity contribution in [2.24, 2.45) is 0 Å². The molecule has 5 heteroatoms. The van der Waals surface area contributed by atoms with E-state index >= 15 is 0 Å². The minimum atomic E-state index is -0.324. The third-order valence-corrected chi connectivity index (χ3v) is 4.54. The standard InChI is InChI=1S/C23H18N2O3/c26-22(21-9-3-7-18-6-1-2-8-20(18)21)24-14-4-5-17-10-12-19(13-11-17)25-15-16-28-23(25)27/h1-3,6-13H,14-16H2,(H,24,26). The third kappa shape index (κ3) is 3.67. The number of benzene rings is 3. The number of ether oxygens (including phenoxy) is 1. The molecule has 3 aromatic carbocycles.